The third-order valence-corrected chi connectivity index (χ3v) is 8.86. The van der Waals surface area contributed by atoms with E-state index < -0.39 is 0 Å². The quantitative estimate of drug-likeness (QED) is 0.126. The van der Waals surface area contributed by atoms with Gasteiger partial charge in [0.15, 0.2) is 0 Å². The van der Waals surface area contributed by atoms with Crippen LogP contribution in [0, 0.1) is 0 Å². The van der Waals surface area contributed by atoms with E-state index in [2.05, 4.69) is 41.5 Å². The van der Waals surface area contributed by atoms with Crippen molar-refractivity contribution in [3.8, 4) is 0 Å². The van der Waals surface area contributed by atoms with E-state index in [-0.39, 0.29) is 34.5 Å². The summed E-state index contributed by atoms with van der Waals surface area (Å²) in [6, 6.07) is 11.5. The first-order valence-electron chi connectivity index (χ1n) is 13.6. The maximum Gasteiger partial charge on any atom is 0.261 e. The van der Waals surface area contributed by atoms with Gasteiger partial charge in [-0.25, -0.2) is 0 Å². The van der Waals surface area contributed by atoms with E-state index in [0.717, 1.165) is 43.4 Å². The molecule has 0 N–H and O–H groups in total. The van der Waals surface area contributed by atoms with Crippen molar-refractivity contribution in [2.24, 2.45) is 0 Å². The molecule has 6 nitrogen and oxygen atoms in total. The summed E-state index contributed by atoms with van der Waals surface area (Å²) in [4.78, 5) is 56.2. The van der Waals surface area contributed by atoms with Crippen LogP contribution in [0.2, 0.25) is 0 Å². The molecule has 0 aromatic heterocycles. The number of hydrogen-bond donors (Lipinski definition) is 0. The number of amides is 4. The molecule has 5 aromatic rings. The van der Waals surface area contributed by atoms with Crippen LogP contribution >= 0.6 is 0 Å². The third kappa shape index (κ3) is 2.78. The number of imide groups is 2. The highest BCUT2D eigenvalue weighted by Gasteiger charge is 2.38. The van der Waals surface area contributed by atoms with Crippen molar-refractivity contribution in [3.05, 3.63) is 69.8 Å². The van der Waals surface area contributed by atoms with Crippen LogP contribution in [0.3, 0.4) is 0 Å². The van der Waals surface area contributed by atoms with E-state index in [4.69, 9.17) is 0 Å². The van der Waals surface area contributed by atoms with Gasteiger partial charge in [-0.2, -0.15) is 0 Å². The monoisotopic (exact) mass is 530 g/mol. The summed E-state index contributed by atoms with van der Waals surface area (Å²) in [6.07, 6.45) is 0. The molecular formula is C34H30N2O4. The van der Waals surface area contributed by atoms with Gasteiger partial charge < -0.3 is 0 Å². The molecule has 0 saturated carbocycles. The Morgan fingerprint density at radius 1 is 0.450 bits per heavy atom. The van der Waals surface area contributed by atoms with Crippen LogP contribution in [-0.2, 0) is 10.8 Å². The van der Waals surface area contributed by atoms with Gasteiger partial charge in [-0.1, -0.05) is 53.7 Å². The van der Waals surface area contributed by atoms with Gasteiger partial charge in [-0.05, 0) is 78.5 Å². The average molecular weight is 531 g/mol. The largest absolute Gasteiger partial charge is 0.277 e. The highest BCUT2D eigenvalue weighted by Crippen LogP contribution is 2.51. The first-order valence-corrected chi connectivity index (χ1v) is 13.6. The molecule has 2 heterocycles. The minimum atomic E-state index is -0.349. The number of carbonyl (C=O) groups is 4. The van der Waals surface area contributed by atoms with Crippen LogP contribution in [0.4, 0.5) is 0 Å². The van der Waals surface area contributed by atoms with Gasteiger partial charge >= 0.3 is 0 Å². The second kappa shape index (κ2) is 7.25. The van der Waals surface area contributed by atoms with Crippen molar-refractivity contribution < 1.29 is 19.2 Å². The summed E-state index contributed by atoms with van der Waals surface area (Å²) >= 11 is 0. The Hall–Kier alpha value is -4.32. The molecule has 0 bridgehead atoms. The predicted molar refractivity (Wildman–Crippen MR) is 158 cm³/mol. The molecule has 0 radical (unpaired) electrons. The van der Waals surface area contributed by atoms with Crippen LogP contribution in [0.5, 0.6) is 0 Å². The molecule has 7 rings (SSSR count). The molecule has 40 heavy (non-hydrogen) atoms. The molecule has 0 atom stereocenters. The van der Waals surface area contributed by atoms with Gasteiger partial charge in [0.05, 0.1) is 0 Å². The summed E-state index contributed by atoms with van der Waals surface area (Å²) in [5.41, 5.74) is 3.35. The minimum Gasteiger partial charge on any atom is -0.277 e. The van der Waals surface area contributed by atoms with Gasteiger partial charge in [-0.15, -0.1) is 0 Å². The SMILES string of the molecule is CN1C(=O)c2ccc3c4c(C(C)(C)C)cc5c6c(cc(C(C)(C)C)c(c7ccc(c2c37)C1=O)c64)C(=O)N(C)C5=O. The molecule has 0 saturated heterocycles. The number of nitrogens with zero attached hydrogens (tertiary/aromatic N) is 2. The Balaban J connectivity index is 1.89. The van der Waals surface area contributed by atoms with E-state index in [1.165, 1.54) is 16.8 Å². The second-order valence-corrected chi connectivity index (χ2v) is 13.4. The Labute approximate surface area is 231 Å². The number of rotatable bonds is 0. The van der Waals surface area contributed by atoms with Gasteiger partial charge in [-0.3, -0.25) is 29.0 Å². The summed E-state index contributed by atoms with van der Waals surface area (Å²) in [6.45, 7) is 12.7. The lowest BCUT2D eigenvalue weighted by Gasteiger charge is -2.34. The molecule has 6 heteroatoms. The lowest BCUT2D eigenvalue weighted by Crippen LogP contribution is -2.38. The Morgan fingerprint density at radius 3 is 1.18 bits per heavy atom. The smallest absolute Gasteiger partial charge is 0.261 e. The predicted octanol–water partition coefficient (Wildman–Crippen LogP) is 6.78. The van der Waals surface area contributed by atoms with Gasteiger partial charge in [0.2, 0.25) is 0 Å². The zero-order valence-electron chi connectivity index (χ0n) is 24.0. The van der Waals surface area contributed by atoms with Crippen molar-refractivity contribution in [1.82, 2.24) is 9.80 Å². The summed E-state index contributed by atoms with van der Waals surface area (Å²) in [5.74, 6) is -1.24. The van der Waals surface area contributed by atoms with E-state index in [0.29, 0.717) is 33.0 Å². The molecule has 0 unspecified atom stereocenters. The summed E-state index contributed by atoms with van der Waals surface area (Å²) in [5, 5.41) is 6.91. The standard InChI is InChI=1S/C34H30N2O4/c1-33(2,3)21-13-19-25-20(32(40)36(8)31(19)39)14-22(34(4,5)6)27-16-10-12-18-24-17(29(37)35(7)30(18)38)11-9-15(23(16)24)26(21)28(25)27/h9-14H,1-8H3. The Kier molecular flexibility index (Phi) is 4.47. The van der Waals surface area contributed by atoms with E-state index >= 15 is 0 Å². The number of hydrogen-bond acceptors (Lipinski definition) is 4. The average Bonchev–Trinajstić information content (AvgIpc) is 2.89. The Morgan fingerprint density at radius 2 is 0.800 bits per heavy atom. The fourth-order valence-corrected chi connectivity index (χ4v) is 6.89. The summed E-state index contributed by atoms with van der Waals surface area (Å²) < 4.78 is 0. The molecule has 5 aromatic carbocycles. The lowest BCUT2D eigenvalue weighted by atomic mass is 9.72. The molecular weight excluding hydrogens is 500 g/mol. The maximum absolute atomic E-state index is 13.6. The summed E-state index contributed by atoms with van der Waals surface area (Å²) in [7, 11) is 3.06. The van der Waals surface area contributed by atoms with E-state index in [9.17, 15) is 19.2 Å². The number of fused-ring (bicyclic) bond motifs is 2. The van der Waals surface area contributed by atoms with E-state index in [1.54, 1.807) is 7.05 Å². The molecule has 0 aliphatic carbocycles. The number of carbonyl (C=O) groups excluding carboxylic acids is 4. The van der Waals surface area contributed by atoms with Crippen molar-refractivity contribution in [3.63, 3.8) is 0 Å². The number of benzene rings is 5. The van der Waals surface area contributed by atoms with Crippen molar-refractivity contribution in [2.75, 3.05) is 14.1 Å². The molecule has 2 aliphatic heterocycles. The van der Waals surface area contributed by atoms with Crippen molar-refractivity contribution in [1.29, 1.82) is 0 Å². The fraction of sp³-hybridized carbons (Fsp3) is 0.294. The highest BCUT2D eigenvalue weighted by atomic mass is 16.2. The van der Waals surface area contributed by atoms with Gasteiger partial charge in [0.1, 0.15) is 0 Å². The van der Waals surface area contributed by atoms with Crippen LogP contribution in [0.15, 0.2) is 36.4 Å². The van der Waals surface area contributed by atoms with Crippen LogP contribution in [0.25, 0.3) is 43.1 Å². The zero-order valence-corrected chi connectivity index (χ0v) is 24.0. The molecule has 200 valence electrons. The molecule has 0 spiro atoms. The highest BCUT2D eigenvalue weighted by molar-refractivity contribution is 6.42. The zero-order chi connectivity index (χ0) is 28.8. The van der Waals surface area contributed by atoms with E-state index in [1.807, 2.05) is 36.4 Å². The first-order chi connectivity index (χ1) is 18.6. The second-order valence-electron chi connectivity index (χ2n) is 13.4. The minimum absolute atomic E-state index is 0.306. The normalized spacial score (nSPS) is 16.1. The Bertz CT molecular complexity index is 1930. The van der Waals surface area contributed by atoms with Crippen molar-refractivity contribution >= 4 is 66.7 Å². The lowest BCUT2D eigenvalue weighted by molar-refractivity contribution is 0.0635. The van der Waals surface area contributed by atoms with Gasteiger partial charge in [0.25, 0.3) is 23.6 Å². The van der Waals surface area contributed by atoms with Gasteiger partial charge in [0, 0.05) is 47.1 Å². The first kappa shape index (κ1) is 24.7. The molecule has 0 fully saturated rings. The fourth-order valence-electron chi connectivity index (χ4n) is 6.89. The topological polar surface area (TPSA) is 74.8 Å². The van der Waals surface area contributed by atoms with Crippen LogP contribution < -0.4 is 0 Å². The third-order valence-electron chi connectivity index (χ3n) is 8.86. The maximum atomic E-state index is 13.6. The van der Waals surface area contributed by atoms with Crippen molar-refractivity contribution in [2.45, 2.75) is 52.4 Å². The van der Waals surface area contributed by atoms with Crippen LogP contribution in [-0.4, -0.2) is 47.5 Å². The molecule has 4 amide bonds. The molecule has 2 aliphatic rings. The van der Waals surface area contributed by atoms with Crippen LogP contribution in [0.1, 0.15) is 94.1 Å².